The predicted octanol–water partition coefficient (Wildman–Crippen LogP) is 3.73. The van der Waals surface area contributed by atoms with Crippen LogP contribution in [0, 0.1) is 0 Å². The summed E-state index contributed by atoms with van der Waals surface area (Å²) in [7, 11) is 0. The summed E-state index contributed by atoms with van der Waals surface area (Å²) >= 11 is 0. The Morgan fingerprint density at radius 1 is 1.27 bits per heavy atom. The number of aryl methyl sites for hydroxylation is 2. The SMILES string of the molecule is Cl.NC/C(=C/F)COc1ccc2nc3c(cc2c1)CCCC3. The first-order chi connectivity index (χ1) is 10.3. The fourth-order valence-corrected chi connectivity index (χ4v) is 2.68. The van der Waals surface area contributed by atoms with Crippen molar-refractivity contribution in [1.82, 2.24) is 4.98 Å². The molecule has 3 rings (SSSR count). The minimum atomic E-state index is 0. The van der Waals surface area contributed by atoms with Gasteiger partial charge < -0.3 is 10.5 Å². The molecule has 1 aromatic carbocycles. The van der Waals surface area contributed by atoms with Gasteiger partial charge in [0.05, 0.1) is 11.8 Å². The first kappa shape index (κ1) is 16.7. The van der Waals surface area contributed by atoms with Crippen LogP contribution in [-0.2, 0) is 12.8 Å². The minimum Gasteiger partial charge on any atom is -0.489 e. The number of ether oxygens (including phenoxy) is 1. The highest BCUT2D eigenvalue weighted by Gasteiger charge is 2.12. The molecule has 1 aliphatic carbocycles. The van der Waals surface area contributed by atoms with Crippen molar-refractivity contribution in [3.05, 3.63) is 47.4 Å². The molecule has 1 heterocycles. The molecular formula is C17H20ClFN2O. The van der Waals surface area contributed by atoms with Crippen molar-refractivity contribution in [2.45, 2.75) is 25.7 Å². The molecule has 0 radical (unpaired) electrons. The molecule has 0 spiro atoms. The third-order valence-corrected chi connectivity index (χ3v) is 3.91. The van der Waals surface area contributed by atoms with Gasteiger partial charge in [-0.2, -0.15) is 0 Å². The molecule has 5 heteroatoms. The highest BCUT2D eigenvalue weighted by Crippen LogP contribution is 2.26. The van der Waals surface area contributed by atoms with E-state index >= 15 is 0 Å². The summed E-state index contributed by atoms with van der Waals surface area (Å²) in [4.78, 5) is 4.74. The van der Waals surface area contributed by atoms with Gasteiger partial charge in [0.25, 0.3) is 0 Å². The second-order valence-corrected chi connectivity index (χ2v) is 5.42. The zero-order valence-corrected chi connectivity index (χ0v) is 13.2. The molecular weight excluding hydrogens is 303 g/mol. The third kappa shape index (κ3) is 3.57. The van der Waals surface area contributed by atoms with Gasteiger partial charge in [-0.25, -0.2) is 4.39 Å². The fourth-order valence-electron chi connectivity index (χ4n) is 2.68. The highest BCUT2D eigenvalue weighted by molar-refractivity contribution is 5.85. The zero-order chi connectivity index (χ0) is 14.7. The summed E-state index contributed by atoms with van der Waals surface area (Å²) in [6, 6.07) is 8.00. The van der Waals surface area contributed by atoms with E-state index < -0.39 is 0 Å². The van der Waals surface area contributed by atoms with E-state index in [0.29, 0.717) is 17.7 Å². The summed E-state index contributed by atoms with van der Waals surface area (Å²) in [5, 5.41) is 1.08. The van der Waals surface area contributed by atoms with Gasteiger partial charge in [-0.05, 0) is 55.5 Å². The molecule has 0 unspecified atom stereocenters. The van der Waals surface area contributed by atoms with Crippen molar-refractivity contribution in [2.24, 2.45) is 5.73 Å². The second kappa shape index (κ2) is 7.56. The van der Waals surface area contributed by atoms with Crippen LogP contribution in [0.4, 0.5) is 4.39 Å². The average Bonchev–Trinajstić information content (AvgIpc) is 2.53. The van der Waals surface area contributed by atoms with Gasteiger partial charge in [-0.3, -0.25) is 4.98 Å². The Balaban J connectivity index is 0.00000176. The van der Waals surface area contributed by atoms with Crippen LogP contribution < -0.4 is 10.5 Å². The number of hydrogen-bond acceptors (Lipinski definition) is 3. The number of halogens is 2. The van der Waals surface area contributed by atoms with Crippen molar-refractivity contribution in [2.75, 3.05) is 13.2 Å². The lowest BCUT2D eigenvalue weighted by atomic mass is 9.95. The van der Waals surface area contributed by atoms with Crippen LogP contribution >= 0.6 is 12.4 Å². The summed E-state index contributed by atoms with van der Waals surface area (Å²) < 4.78 is 18.1. The maximum Gasteiger partial charge on any atom is 0.120 e. The Kier molecular flexibility index (Phi) is 5.75. The van der Waals surface area contributed by atoms with Crippen molar-refractivity contribution in [1.29, 1.82) is 0 Å². The molecule has 0 saturated carbocycles. The van der Waals surface area contributed by atoms with Gasteiger partial charge in [-0.15, -0.1) is 12.4 Å². The number of hydrogen-bond donors (Lipinski definition) is 1. The molecule has 0 amide bonds. The Bertz CT molecular complexity index is 688. The van der Waals surface area contributed by atoms with Crippen LogP contribution in [0.15, 0.2) is 36.2 Å². The van der Waals surface area contributed by atoms with E-state index in [9.17, 15) is 4.39 Å². The third-order valence-electron chi connectivity index (χ3n) is 3.91. The lowest BCUT2D eigenvalue weighted by molar-refractivity contribution is 0.348. The van der Waals surface area contributed by atoms with Crippen molar-refractivity contribution in [3.63, 3.8) is 0 Å². The summed E-state index contributed by atoms with van der Waals surface area (Å²) in [6.45, 7) is 0.343. The van der Waals surface area contributed by atoms with Crippen LogP contribution in [0.25, 0.3) is 10.9 Å². The topological polar surface area (TPSA) is 48.1 Å². The average molecular weight is 323 g/mol. The molecule has 2 aromatic rings. The highest BCUT2D eigenvalue weighted by atomic mass is 35.5. The van der Waals surface area contributed by atoms with Crippen molar-refractivity contribution >= 4 is 23.3 Å². The Morgan fingerprint density at radius 3 is 2.86 bits per heavy atom. The number of nitrogens with two attached hydrogens (primary N) is 1. The van der Waals surface area contributed by atoms with Gasteiger partial charge in [-0.1, -0.05) is 0 Å². The van der Waals surface area contributed by atoms with Gasteiger partial charge in [0.15, 0.2) is 0 Å². The number of fused-ring (bicyclic) bond motifs is 2. The molecule has 1 aliphatic rings. The molecule has 0 atom stereocenters. The summed E-state index contributed by atoms with van der Waals surface area (Å²) in [5.41, 5.74) is 9.42. The molecule has 2 N–H and O–H groups in total. The van der Waals surface area contributed by atoms with Crippen LogP contribution in [0.2, 0.25) is 0 Å². The van der Waals surface area contributed by atoms with Gasteiger partial charge in [0.1, 0.15) is 12.4 Å². The monoisotopic (exact) mass is 322 g/mol. The second-order valence-electron chi connectivity index (χ2n) is 5.42. The summed E-state index contributed by atoms with van der Waals surface area (Å²) in [5.74, 6) is 0.716. The maximum atomic E-state index is 12.5. The number of rotatable bonds is 4. The van der Waals surface area contributed by atoms with Gasteiger partial charge in [0, 0.05) is 23.2 Å². The Hall–Kier alpha value is -1.65. The first-order valence-electron chi connectivity index (χ1n) is 7.33. The van der Waals surface area contributed by atoms with Gasteiger partial charge in [0.2, 0.25) is 0 Å². The molecule has 22 heavy (non-hydrogen) atoms. The minimum absolute atomic E-state index is 0. The molecule has 3 nitrogen and oxygen atoms in total. The standard InChI is InChI=1S/C17H19FN2O.ClH/c18-9-12(10-19)11-21-15-5-6-17-14(8-15)7-13-3-1-2-4-16(13)20-17;/h5-9H,1-4,10-11,19H2;1H/b12-9-;. The van der Waals surface area contributed by atoms with Crippen LogP contribution in [-0.4, -0.2) is 18.1 Å². The molecule has 0 fully saturated rings. The van der Waals surface area contributed by atoms with Crippen LogP contribution in [0.3, 0.4) is 0 Å². The van der Waals surface area contributed by atoms with E-state index in [0.717, 1.165) is 23.7 Å². The molecule has 0 aliphatic heterocycles. The normalized spacial score (nSPS) is 14.4. The zero-order valence-electron chi connectivity index (χ0n) is 12.3. The lowest BCUT2D eigenvalue weighted by Gasteiger charge is -2.16. The van der Waals surface area contributed by atoms with Crippen LogP contribution in [0.5, 0.6) is 5.75 Å². The van der Waals surface area contributed by atoms with Crippen molar-refractivity contribution in [3.8, 4) is 5.75 Å². The number of nitrogens with zero attached hydrogens (tertiary/aromatic N) is 1. The summed E-state index contributed by atoms with van der Waals surface area (Å²) in [6.07, 6.45) is 5.15. The van der Waals surface area contributed by atoms with E-state index in [1.807, 2.05) is 18.2 Å². The van der Waals surface area contributed by atoms with Crippen molar-refractivity contribution < 1.29 is 9.13 Å². The fraction of sp³-hybridized carbons (Fsp3) is 0.353. The molecule has 1 aromatic heterocycles. The lowest BCUT2D eigenvalue weighted by Crippen LogP contribution is -2.10. The molecule has 0 bridgehead atoms. The Labute approximate surface area is 135 Å². The number of aromatic nitrogens is 1. The smallest absolute Gasteiger partial charge is 0.120 e. The quantitative estimate of drug-likeness (QED) is 0.933. The predicted molar refractivity (Wildman–Crippen MR) is 89.4 cm³/mol. The first-order valence-corrected chi connectivity index (χ1v) is 7.33. The van der Waals surface area contributed by atoms with Gasteiger partial charge >= 0.3 is 0 Å². The van der Waals surface area contributed by atoms with E-state index in [1.165, 1.54) is 24.1 Å². The van der Waals surface area contributed by atoms with Crippen LogP contribution in [0.1, 0.15) is 24.1 Å². The largest absolute Gasteiger partial charge is 0.489 e. The van der Waals surface area contributed by atoms with E-state index in [4.69, 9.17) is 15.5 Å². The number of pyridine rings is 1. The molecule has 118 valence electrons. The molecule has 0 saturated heterocycles. The van der Waals surface area contributed by atoms with E-state index in [-0.39, 0.29) is 25.6 Å². The van der Waals surface area contributed by atoms with E-state index in [2.05, 4.69) is 6.07 Å². The van der Waals surface area contributed by atoms with E-state index in [1.54, 1.807) is 0 Å². The Morgan fingerprint density at radius 2 is 2.09 bits per heavy atom. The maximum absolute atomic E-state index is 12.5. The number of benzene rings is 1.